The van der Waals surface area contributed by atoms with Crippen LogP contribution in [0.1, 0.15) is 18.7 Å². The molecular weight excluding hydrogens is 374 g/mol. The third-order valence-electron chi connectivity index (χ3n) is 5.32. The van der Waals surface area contributed by atoms with Gasteiger partial charge in [-0.15, -0.1) is 0 Å². The van der Waals surface area contributed by atoms with Crippen molar-refractivity contribution in [1.82, 2.24) is 5.32 Å². The van der Waals surface area contributed by atoms with Gasteiger partial charge in [-0.25, -0.2) is 0 Å². The molecule has 6 heteroatoms. The Morgan fingerprint density at radius 2 is 1.89 bits per heavy atom. The van der Waals surface area contributed by atoms with Crippen LogP contribution in [-0.4, -0.2) is 38.6 Å². The minimum atomic E-state index is -0.149. The van der Waals surface area contributed by atoms with Crippen molar-refractivity contribution in [3.05, 3.63) is 65.4 Å². The lowest BCUT2D eigenvalue weighted by molar-refractivity contribution is -0.892. The number of rotatable bonds is 5. The highest BCUT2D eigenvalue weighted by Crippen LogP contribution is 2.25. The first-order valence-electron chi connectivity index (χ1n) is 9.71. The van der Waals surface area contributed by atoms with Gasteiger partial charge in [-0.05, 0) is 31.2 Å². The maximum atomic E-state index is 12.5. The number of nitrogens with zero attached hydrogens (tertiary/aromatic N) is 1. The molecule has 1 amide bonds. The minimum absolute atomic E-state index is 0.0501. The third-order valence-corrected chi connectivity index (χ3v) is 5.64. The molecule has 0 saturated carbocycles. The first-order valence-corrected chi connectivity index (χ1v) is 10.1. The summed E-state index contributed by atoms with van der Waals surface area (Å²) in [6.07, 6.45) is 0. The Hall–Kier alpha value is -2.50. The van der Waals surface area contributed by atoms with Gasteiger partial charge in [-0.1, -0.05) is 41.9 Å². The van der Waals surface area contributed by atoms with Gasteiger partial charge in [0.2, 0.25) is 0 Å². The highest BCUT2D eigenvalue weighted by Gasteiger charge is 2.24. The van der Waals surface area contributed by atoms with E-state index >= 15 is 0 Å². The van der Waals surface area contributed by atoms with Crippen molar-refractivity contribution in [2.75, 3.05) is 37.6 Å². The molecule has 0 aliphatic carbocycles. The van der Waals surface area contributed by atoms with Crippen LogP contribution in [0.4, 0.5) is 5.69 Å². The molecule has 0 radical (unpaired) electrons. The summed E-state index contributed by atoms with van der Waals surface area (Å²) in [6.45, 7) is 6.05. The maximum absolute atomic E-state index is 12.5. The molecule has 146 valence electrons. The third kappa shape index (κ3) is 4.16. The molecule has 2 N–H and O–H groups in total. The lowest BCUT2D eigenvalue weighted by atomic mass is 10.2. The Morgan fingerprint density at radius 3 is 2.64 bits per heavy atom. The average Bonchev–Trinajstić information content (AvgIpc) is 3.13. The van der Waals surface area contributed by atoms with E-state index in [0.717, 1.165) is 53.6 Å². The van der Waals surface area contributed by atoms with Gasteiger partial charge < -0.3 is 19.5 Å². The Bertz CT molecular complexity index is 930. The molecule has 1 aliphatic heterocycles. The molecule has 28 heavy (non-hydrogen) atoms. The van der Waals surface area contributed by atoms with Gasteiger partial charge in [0.15, 0.2) is 6.54 Å². The minimum Gasteiger partial charge on any atom is -0.459 e. The van der Waals surface area contributed by atoms with E-state index in [1.165, 1.54) is 4.90 Å². The molecule has 0 spiro atoms. The predicted molar refractivity (Wildman–Crippen MR) is 112 cm³/mol. The monoisotopic (exact) mass is 398 g/mol. The van der Waals surface area contributed by atoms with Gasteiger partial charge in [-0.3, -0.25) is 4.79 Å². The molecule has 1 aromatic heterocycles. The van der Waals surface area contributed by atoms with Crippen molar-refractivity contribution < 1.29 is 14.1 Å². The number of fused-ring (bicyclic) bond motifs is 1. The van der Waals surface area contributed by atoms with E-state index in [2.05, 4.69) is 16.3 Å². The standard InChI is InChI=1S/C22H24ClN3O2/c1-16(21-14-17-6-2-5-9-20(17)28-21)24-22(27)15-25-10-12-26(13-11-25)19-8-4-3-7-18(19)23/h2-9,14,16H,10-13,15H2,1H3,(H,24,27)/p+1/t16-/m1/s1. The summed E-state index contributed by atoms with van der Waals surface area (Å²) in [7, 11) is 0. The molecule has 3 aromatic rings. The van der Waals surface area contributed by atoms with Gasteiger partial charge >= 0.3 is 0 Å². The van der Waals surface area contributed by atoms with Crippen LogP contribution in [0.5, 0.6) is 0 Å². The van der Waals surface area contributed by atoms with E-state index in [4.69, 9.17) is 16.0 Å². The summed E-state index contributed by atoms with van der Waals surface area (Å²) in [5.74, 6) is 0.835. The largest absolute Gasteiger partial charge is 0.459 e. The van der Waals surface area contributed by atoms with Crippen LogP contribution in [-0.2, 0) is 4.79 Å². The number of halogens is 1. The van der Waals surface area contributed by atoms with Crippen molar-refractivity contribution in [1.29, 1.82) is 0 Å². The first kappa shape index (κ1) is 18.8. The normalized spacial score (nSPS) is 16.3. The number of hydrogen-bond donors (Lipinski definition) is 2. The number of nitrogens with one attached hydrogen (secondary N) is 2. The van der Waals surface area contributed by atoms with Crippen molar-refractivity contribution in [2.24, 2.45) is 0 Å². The molecule has 1 fully saturated rings. The zero-order valence-electron chi connectivity index (χ0n) is 16.0. The fourth-order valence-electron chi connectivity index (χ4n) is 3.76. The Kier molecular flexibility index (Phi) is 5.55. The Morgan fingerprint density at radius 1 is 1.18 bits per heavy atom. The van der Waals surface area contributed by atoms with Gasteiger partial charge in [-0.2, -0.15) is 0 Å². The van der Waals surface area contributed by atoms with Crippen LogP contribution >= 0.6 is 11.6 Å². The summed E-state index contributed by atoms with van der Waals surface area (Å²) in [6, 6.07) is 17.7. The molecule has 0 unspecified atom stereocenters. The molecule has 0 bridgehead atoms. The van der Waals surface area contributed by atoms with Crippen LogP contribution in [0.2, 0.25) is 5.02 Å². The molecule has 1 saturated heterocycles. The number of piperazine rings is 1. The van der Waals surface area contributed by atoms with Crippen LogP contribution < -0.4 is 15.1 Å². The molecule has 2 aromatic carbocycles. The number of furan rings is 1. The number of quaternary nitrogens is 1. The molecule has 4 rings (SSSR count). The van der Waals surface area contributed by atoms with Gasteiger partial charge in [0, 0.05) is 5.39 Å². The topological polar surface area (TPSA) is 49.9 Å². The molecule has 5 nitrogen and oxygen atoms in total. The highest BCUT2D eigenvalue weighted by atomic mass is 35.5. The maximum Gasteiger partial charge on any atom is 0.275 e. The number of carbonyl (C=O) groups excluding carboxylic acids is 1. The second-order valence-corrected chi connectivity index (χ2v) is 7.75. The van der Waals surface area contributed by atoms with Gasteiger partial charge in [0.05, 0.1) is 42.9 Å². The first-order chi connectivity index (χ1) is 13.6. The van der Waals surface area contributed by atoms with E-state index in [1.54, 1.807) is 0 Å². The van der Waals surface area contributed by atoms with Crippen LogP contribution in [0.3, 0.4) is 0 Å². The number of amides is 1. The smallest absolute Gasteiger partial charge is 0.275 e. The highest BCUT2D eigenvalue weighted by molar-refractivity contribution is 6.33. The van der Waals surface area contributed by atoms with E-state index in [9.17, 15) is 4.79 Å². The summed E-state index contributed by atoms with van der Waals surface area (Å²) < 4.78 is 5.85. The van der Waals surface area contributed by atoms with Gasteiger partial charge in [0.25, 0.3) is 5.91 Å². The van der Waals surface area contributed by atoms with E-state index in [1.807, 2.05) is 55.5 Å². The average molecular weight is 399 g/mol. The zero-order valence-corrected chi connectivity index (χ0v) is 16.7. The number of carbonyl (C=O) groups is 1. The second kappa shape index (κ2) is 8.25. The quantitative estimate of drug-likeness (QED) is 0.694. The Balaban J connectivity index is 1.29. The van der Waals surface area contributed by atoms with Crippen LogP contribution in [0, 0.1) is 0 Å². The van der Waals surface area contributed by atoms with E-state index < -0.39 is 0 Å². The van der Waals surface area contributed by atoms with Gasteiger partial charge in [0.1, 0.15) is 11.3 Å². The second-order valence-electron chi connectivity index (χ2n) is 7.34. The zero-order chi connectivity index (χ0) is 19.5. The number of para-hydroxylation sites is 2. The summed E-state index contributed by atoms with van der Waals surface area (Å²) >= 11 is 6.30. The van der Waals surface area contributed by atoms with Crippen molar-refractivity contribution in [3.63, 3.8) is 0 Å². The Labute approximate surface area is 169 Å². The summed E-state index contributed by atoms with van der Waals surface area (Å²) in [5.41, 5.74) is 1.92. The predicted octanol–water partition coefficient (Wildman–Crippen LogP) is 2.67. The summed E-state index contributed by atoms with van der Waals surface area (Å²) in [5, 5.41) is 4.90. The van der Waals surface area contributed by atoms with Crippen LogP contribution in [0.15, 0.2) is 59.0 Å². The molecule has 1 atom stereocenters. The molecular formula is C22H25ClN3O2+. The lowest BCUT2D eigenvalue weighted by Gasteiger charge is -2.33. The fourth-order valence-corrected chi connectivity index (χ4v) is 4.01. The lowest BCUT2D eigenvalue weighted by Crippen LogP contribution is -3.16. The number of benzene rings is 2. The van der Waals surface area contributed by atoms with E-state index in [-0.39, 0.29) is 11.9 Å². The van der Waals surface area contributed by atoms with Crippen molar-refractivity contribution >= 4 is 34.2 Å². The number of anilines is 1. The SMILES string of the molecule is C[C@@H](NC(=O)C[NH+]1CCN(c2ccccc2Cl)CC1)c1cc2ccccc2o1. The molecule has 2 heterocycles. The fraction of sp³-hybridized carbons (Fsp3) is 0.318. The molecule has 1 aliphatic rings. The number of hydrogen-bond acceptors (Lipinski definition) is 3. The van der Waals surface area contributed by atoms with Crippen LogP contribution in [0.25, 0.3) is 11.0 Å². The van der Waals surface area contributed by atoms with Crippen molar-refractivity contribution in [3.8, 4) is 0 Å². The summed E-state index contributed by atoms with van der Waals surface area (Å²) in [4.78, 5) is 16.1. The van der Waals surface area contributed by atoms with Crippen molar-refractivity contribution in [2.45, 2.75) is 13.0 Å². The van der Waals surface area contributed by atoms with E-state index in [0.29, 0.717) is 6.54 Å².